The van der Waals surface area contributed by atoms with Gasteiger partial charge in [0.25, 0.3) is 0 Å². The molecule has 1 unspecified atom stereocenters. The summed E-state index contributed by atoms with van der Waals surface area (Å²) in [7, 11) is 0. The van der Waals surface area contributed by atoms with Gasteiger partial charge in [-0.1, -0.05) is 30.8 Å². The van der Waals surface area contributed by atoms with Gasteiger partial charge in [-0.15, -0.1) is 5.10 Å². The Bertz CT molecular complexity index is 439. The number of hydrogen-bond donors (Lipinski definition) is 3. The van der Waals surface area contributed by atoms with Crippen LogP contribution in [0.25, 0.3) is 0 Å². The van der Waals surface area contributed by atoms with E-state index < -0.39 is 0 Å². The number of nitrogens with one attached hydrogen (secondary N) is 1. The Morgan fingerprint density at radius 3 is 2.94 bits per heavy atom. The first-order valence-electron chi connectivity index (χ1n) is 5.43. The van der Waals surface area contributed by atoms with Gasteiger partial charge in [-0.25, -0.2) is 9.89 Å². The molecule has 0 saturated carbocycles. The van der Waals surface area contributed by atoms with Crippen LogP contribution in [0.15, 0.2) is 15.1 Å². The molecule has 8 heteroatoms. The smallest absolute Gasteiger partial charge is 0.343 e. The lowest BCUT2D eigenvalue weighted by atomic mass is 10.3. The van der Waals surface area contributed by atoms with Crippen LogP contribution < -0.4 is 11.4 Å². The Morgan fingerprint density at radius 2 is 2.41 bits per heavy atom. The molecule has 0 saturated heterocycles. The Kier molecular flexibility index (Phi) is 5.08. The van der Waals surface area contributed by atoms with Crippen LogP contribution in [0.5, 0.6) is 0 Å². The van der Waals surface area contributed by atoms with Gasteiger partial charge in [-0.3, -0.25) is 4.57 Å². The maximum atomic E-state index is 11.5. The predicted octanol–water partition coefficient (Wildman–Crippen LogP) is 0.598. The lowest BCUT2D eigenvalue weighted by molar-refractivity contribution is 0.317. The third-order valence-electron chi connectivity index (χ3n) is 2.23. The van der Waals surface area contributed by atoms with E-state index in [2.05, 4.69) is 15.4 Å². The lowest BCUT2D eigenvalue weighted by Crippen LogP contribution is -2.26. The normalized spacial score (nSPS) is 13.9. The topological polar surface area (TPSA) is 109 Å². The van der Waals surface area contributed by atoms with Gasteiger partial charge in [0.1, 0.15) is 0 Å². The van der Waals surface area contributed by atoms with E-state index in [0.717, 1.165) is 6.42 Å². The molecular formula is C9H17N5O2S. The van der Waals surface area contributed by atoms with Crippen LogP contribution in [0.4, 0.5) is 0 Å². The van der Waals surface area contributed by atoms with E-state index in [1.807, 2.05) is 13.8 Å². The second kappa shape index (κ2) is 6.33. The molecule has 7 nitrogen and oxygen atoms in total. The minimum Gasteiger partial charge on any atom is -0.409 e. The fraction of sp³-hybridized carbons (Fsp3) is 0.667. The van der Waals surface area contributed by atoms with Crippen LogP contribution in [0.2, 0.25) is 0 Å². The van der Waals surface area contributed by atoms with Gasteiger partial charge in [0, 0.05) is 6.54 Å². The van der Waals surface area contributed by atoms with Crippen LogP contribution in [-0.4, -0.2) is 31.1 Å². The van der Waals surface area contributed by atoms with Crippen molar-refractivity contribution in [2.45, 2.75) is 43.6 Å². The summed E-state index contributed by atoms with van der Waals surface area (Å²) in [6, 6.07) is 0. The van der Waals surface area contributed by atoms with Crippen molar-refractivity contribution in [1.29, 1.82) is 0 Å². The fourth-order valence-corrected chi connectivity index (χ4v) is 2.35. The van der Waals surface area contributed by atoms with Crippen LogP contribution in [-0.2, 0) is 6.54 Å². The van der Waals surface area contributed by atoms with E-state index >= 15 is 0 Å². The largest absolute Gasteiger partial charge is 0.409 e. The quantitative estimate of drug-likeness (QED) is 0.228. The molecule has 0 radical (unpaired) electrons. The highest BCUT2D eigenvalue weighted by molar-refractivity contribution is 8.00. The standard InChI is InChI=1S/C9H17N5O2S/c1-3-5-14-8(15)11-12-9(14)17-6(4-2)7(10)13-16/h6,16H,3-5H2,1-2H3,(H2,10,13)(H,11,15). The lowest BCUT2D eigenvalue weighted by Gasteiger charge is -2.12. The molecule has 0 aliphatic carbocycles. The highest BCUT2D eigenvalue weighted by Gasteiger charge is 2.18. The van der Waals surface area contributed by atoms with Gasteiger partial charge in [0.05, 0.1) is 5.25 Å². The fourth-order valence-electron chi connectivity index (χ4n) is 1.36. The van der Waals surface area contributed by atoms with Crippen LogP contribution >= 0.6 is 11.8 Å². The van der Waals surface area contributed by atoms with Gasteiger partial charge < -0.3 is 10.9 Å². The molecule has 4 N–H and O–H groups in total. The van der Waals surface area contributed by atoms with E-state index in [9.17, 15) is 4.79 Å². The summed E-state index contributed by atoms with van der Waals surface area (Å²) in [6.07, 6.45) is 1.53. The predicted molar refractivity (Wildman–Crippen MR) is 66.5 cm³/mol. The average molecular weight is 259 g/mol. The van der Waals surface area contributed by atoms with E-state index in [-0.39, 0.29) is 16.8 Å². The zero-order valence-electron chi connectivity index (χ0n) is 9.88. The number of hydrogen-bond acceptors (Lipinski definition) is 5. The number of nitrogens with zero attached hydrogens (tertiary/aromatic N) is 3. The molecule has 0 bridgehead atoms. The zero-order valence-corrected chi connectivity index (χ0v) is 10.7. The first-order valence-corrected chi connectivity index (χ1v) is 6.31. The van der Waals surface area contributed by atoms with Gasteiger partial charge >= 0.3 is 5.69 Å². The Morgan fingerprint density at radius 1 is 1.71 bits per heavy atom. The number of thioether (sulfide) groups is 1. The first-order chi connectivity index (χ1) is 8.13. The molecule has 1 aromatic heterocycles. The minimum absolute atomic E-state index is 0.135. The summed E-state index contributed by atoms with van der Waals surface area (Å²) < 4.78 is 1.55. The number of aromatic nitrogens is 3. The second-order valence-corrected chi connectivity index (χ2v) is 4.67. The summed E-state index contributed by atoms with van der Waals surface area (Å²) in [4.78, 5) is 11.5. The van der Waals surface area contributed by atoms with Gasteiger partial charge in [-0.05, 0) is 12.8 Å². The molecule has 17 heavy (non-hydrogen) atoms. The number of rotatable bonds is 6. The third kappa shape index (κ3) is 3.26. The van der Waals surface area contributed by atoms with E-state index in [0.29, 0.717) is 18.1 Å². The highest BCUT2D eigenvalue weighted by Crippen LogP contribution is 2.22. The second-order valence-electron chi connectivity index (χ2n) is 3.50. The summed E-state index contributed by atoms with van der Waals surface area (Å²) in [6.45, 7) is 4.50. The van der Waals surface area contributed by atoms with Crippen LogP contribution in [0, 0.1) is 0 Å². The molecule has 0 aromatic carbocycles. The average Bonchev–Trinajstić information content (AvgIpc) is 2.67. The SMILES string of the molecule is CCCn1c(SC(CC)C(N)=NO)n[nH]c1=O. The summed E-state index contributed by atoms with van der Waals surface area (Å²) in [5, 5.41) is 18.3. The van der Waals surface area contributed by atoms with E-state index in [4.69, 9.17) is 10.9 Å². The Balaban J connectivity index is 2.90. The molecule has 0 fully saturated rings. The van der Waals surface area contributed by atoms with Gasteiger partial charge in [-0.2, -0.15) is 0 Å². The van der Waals surface area contributed by atoms with Gasteiger partial charge in [0.15, 0.2) is 11.0 Å². The maximum Gasteiger partial charge on any atom is 0.343 e. The number of H-pyrrole nitrogens is 1. The number of oxime groups is 1. The minimum atomic E-state index is -0.233. The number of nitrogens with two attached hydrogens (primary N) is 1. The molecule has 0 spiro atoms. The van der Waals surface area contributed by atoms with Crippen molar-refractivity contribution in [2.24, 2.45) is 10.9 Å². The molecule has 1 aromatic rings. The zero-order chi connectivity index (χ0) is 12.8. The molecule has 0 aliphatic heterocycles. The van der Waals surface area contributed by atoms with E-state index in [1.54, 1.807) is 4.57 Å². The van der Waals surface area contributed by atoms with Crippen LogP contribution in [0.1, 0.15) is 26.7 Å². The van der Waals surface area contributed by atoms with E-state index in [1.165, 1.54) is 11.8 Å². The van der Waals surface area contributed by atoms with Crippen molar-refractivity contribution in [1.82, 2.24) is 14.8 Å². The molecule has 1 atom stereocenters. The molecule has 1 heterocycles. The molecule has 96 valence electrons. The highest BCUT2D eigenvalue weighted by atomic mass is 32.2. The van der Waals surface area contributed by atoms with Crippen LogP contribution in [0.3, 0.4) is 0 Å². The summed E-state index contributed by atoms with van der Waals surface area (Å²) in [5.41, 5.74) is 5.33. The van der Waals surface area contributed by atoms with Crippen molar-refractivity contribution in [3.05, 3.63) is 10.5 Å². The van der Waals surface area contributed by atoms with Crippen molar-refractivity contribution < 1.29 is 5.21 Å². The van der Waals surface area contributed by atoms with Gasteiger partial charge in [0.2, 0.25) is 0 Å². The first kappa shape index (κ1) is 13.6. The monoisotopic (exact) mass is 259 g/mol. The molecular weight excluding hydrogens is 242 g/mol. The number of aromatic amines is 1. The third-order valence-corrected chi connectivity index (χ3v) is 3.62. The summed E-state index contributed by atoms with van der Waals surface area (Å²) >= 11 is 1.31. The van der Waals surface area contributed by atoms with Crippen molar-refractivity contribution in [2.75, 3.05) is 0 Å². The van der Waals surface area contributed by atoms with Crippen molar-refractivity contribution in [3.63, 3.8) is 0 Å². The Labute approximate surface area is 103 Å². The molecule has 0 aliphatic rings. The van der Waals surface area contributed by atoms with Crippen molar-refractivity contribution >= 4 is 17.6 Å². The summed E-state index contributed by atoms with van der Waals surface area (Å²) in [5.74, 6) is 0.135. The molecule has 1 rings (SSSR count). The maximum absolute atomic E-state index is 11.5. The molecule has 0 amide bonds. The van der Waals surface area contributed by atoms with Crippen molar-refractivity contribution in [3.8, 4) is 0 Å². The number of amidine groups is 1. The Hall–Kier alpha value is -1.44.